The third-order valence-electron chi connectivity index (χ3n) is 8.33. The molecule has 4 heterocycles. The molecule has 0 aromatic carbocycles. The van der Waals surface area contributed by atoms with Crippen molar-refractivity contribution in [2.75, 3.05) is 44.2 Å². The third-order valence-corrected chi connectivity index (χ3v) is 9.33. The summed E-state index contributed by atoms with van der Waals surface area (Å²) in [5.41, 5.74) is 0. The highest BCUT2D eigenvalue weighted by molar-refractivity contribution is 7.10. The summed E-state index contributed by atoms with van der Waals surface area (Å²) in [6.45, 7) is 5.47. The monoisotopic (exact) mass is 465 g/mol. The molecule has 4 fully saturated rings. The summed E-state index contributed by atoms with van der Waals surface area (Å²) < 4.78 is 0. The molecule has 7 nitrogen and oxygen atoms in total. The van der Waals surface area contributed by atoms with Crippen LogP contribution >= 0.6 is 11.3 Å². The second-order valence-corrected chi connectivity index (χ2v) is 11.0. The summed E-state index contributed by atoms with van der Waals surface area (Å²) in [4.78, 5) is 42.8. The molecule has 2 bridgehead atoms. The molecule has 0 radical (unpaired) electrons. The molecular formula is C25H31N5O2S. The molecule has 2 saturated carbocycles. The van der Waals surface area contributed by atoms with Gasteiger partial charge in [-0.25, -0.2) is 9.97 Å². The zero-order valence-electron chi connectivity index (χ0n) is 18.9. The number of carbonyl (C=O) groups excluding carboxylic acids is 2. The predicted molar refractivity (Wildman–Crippen MR) is 127 cm³/mol. The fourth-order valence-electron chi connectivity index (χ4n) is 6.80. The van der Waals surface area contributed by atoms with Crippen molar-refractivity contribution in [3.8, 4) is 0 Å². The van der Waals surface area contributed by atoms with Gasteiger partial charge in [0.1, 0.15) is 0 Å². The molecule has 2 aliphatic heterocycles. The van der Waals surface area contributed by atoms with E-state index in [0.29, 0.717) is 24.3 Å². The highest BCUT2D eigenvalue weighted by atomic mass is 32.1. The summed E-state index contributed by atoms with van der Waals surface area (Å²) in [5.74, 6) is 2.21. The van der Waals surface area contributed by atoms with Gasteiger partial charge in [-0.15, -0.1) is 11.3 Å². The van der Waals surface area contributed by atoms with Crippen LogP contribution in [0.3, 0.4) is 0 Å². The van der Waals surface area contributed by atoms with E-state index < -0.39 is 0 Å². The van der Waals surface area contributed by atoms with Crippen molar-refractivity contribution in [3.63, 3.8) is 0 Å². The van der Waals surface area contributed by atoms with Gasteiger partial charge in [-0.3, -0.25) is 19.4 Å². The Labute approximate surface area is 198 Å². The highest BCUT2D eigenvalue weighted by Gasteiger charge is 2.63. The summed E-state index contributed by atoms with van der Waals surface area (Å²) in [6.07, 6.45) is 7.62. The Hall–Kier alpha value is -2.32. The number of aromatic nitrogens is 2. The minimum atomic E-state index is -0.0587. The largest absolute Gasteiger partial charge is 0.338 e. The van der Waals surface area contributed by atoms with Crippen LogP contribution in [0.25, 0.3) is 0 Å². The number of fused-ring (bicyclic) bond motifs is 5. The van der Waals surface area contributed by atoms with E-state index in [4.69, 9.17) is 0 Å². The number of amides is 2. The molecule has 2 amide bonds. The van der Waals surface area contributed by atoms with Crippen LogP contribution in [0.15, 0.2) is 36.0 Å². The van der Waals surface area contributed by atoms with E-state index in [1.807, 2.05) is 6.07 Å². The Morgan fingerprint density at radius 1 is 0.909 bits per heavy atom. The number of unbranched alkanes of at least 4 members (excludes halogenated alkanes) is 1. The molecule has 174 valence electrons. The van der Waals surface area contributed by atoms with Gasteiger partial charge in [-0.2, -0.15) is 0 Å². The fraction of sp³-hybridized carbons (Fsp3) is 0.600. The van der Waals surface area contributed by atoms with Crippen LogP contribution in [0.4, 0.5) is 5.95 Å². The van der Waals surface area contributed by atoms with Crippen molar-refractivity contribution in [1.82, 2.24) is 19.8 Å². The lowest BCUT2D eigenvalue weighted by Crippen LogP contribution is -2.47. The number of likely N-dealkylation sites (tertiary alicyclic amines) is 1. The highest BCUT2D eigenvalue weighted by Crippen LogP contribution is 2.62. The first-order valence-electron chi connectivity index (χ1n) is 12.3. The molecular weight excluding hydrogens is 434 g/mol. The van der Waals surface area contributed by atoms with Crippen LogP contribution in [-0.4, -0.2) is 70.9 Å². The second-order valence-electron chi connectivity index (χ2n) is 9.98. The van der Waals surface area contributed by atoms with E-state index in [0.717, 1.165) is 64.4 Å². The number of hydrogen-bond donors (Lipinski definition) is 0. The Morgan fingerprint density at radius 2 is 1.67 bits per heavy atom. The number of imide groups is 1. The van der Waals surface area contributed by atoms with Crippen LogP contribution in [0, 0.1) is 23.7 Å². The van der Waals surface area contributed by atoms with Crippen molar-refractivity contribution >= 4 is 29.1 Å². The molecule has 0 spiro atoms. The molecule has 4 aliphatic rings. The van der Waals surface area contributed by atoms with Gasteiger partial charge in [0, 0.05) is 50.0 Å². The molecule has 0 unspecified atom stereocenters. The minimum Gasteiger partial charge on any atom is -0.338 e. The van der Waals surface area contributed by atoms with Crippen molar-refractivity contribution in [3.05, 3.63) is 40.8 Å². The van der Waals surface area contributed by atoms with E-state index >= 15 is 0 Å². The number of hydrogen-bond acceptors (Lipinski definition) is 7. The maximum atomic E-state index is 13.2. The molecule has 2 aromatic heterocycles. The second kappa shape index (κ2) is 8.80. The number of carbonyl (C=O) groups is 2. The lowest BCUT2D eigenvalue weighted by Gasteiger charge is -2.34. The van der Waals surface area contributed by atoms with Crippen LogP contribution in [-0.2, 0) is 9.59 Å². The lowest BCUT2D eigenvalue weighted by atomic mass is 9.75. The van der Waals surface area contributed by atoms with Gasteiger partial charge >= 0.3 is 0 Å². The minimum absolute atomic E-state index is 0.0352. The van der Waals surface area contributed by atoms with E-state index in [1.165, 1.54) is 4.88 Å². The van der Waals surface area contributed by atoms with Crippen molar-refractivity contribution in [2.24, 2.45) is 23.7 Å². The topological polar surface area (TPSA) is 69.6 Å². The summed E-state index contributed by atoms with van der Waals surface area (Å²) in [5, 5.41) is 2.13. The lowest BCUT2D eigenvalue weighted by molar-refractivity contribution is -0.140. The number of rotatable bonds is 7. The number of piperazine rings is 1. The van der Waals surface area contributed by atoms with Gasteiger partial charge in [0.05, 0.1) is 11.8 Å². The van der Waals surface area contributed by atoms with Crippen LogP contribution in [0.5, 0.6) is 0 Å². The molecule has 2 saturated heterocycles. The Balaban J connectivity index is 0.980. The van der Waals surface area contributed by atoms with Gasteiger partial charge in [0.25, 0.3) is 0 Å². The van der Waals surface area contributed by atoms with Gasteiger partial charge < -0.3 is 4.90 Å². The Morgan fingerprint density at radius 3 is 2.42 bits per heavy atom. The fourth-order valence-corrected chi connectivity index (χ4v) is 7.72. The SMILES string of the molecule is O=C1[C@@H]2[C@H]3C[C@@H]([C@@H]2C(=O)N1CCCCN1CCN(c2ncccn2)CC1)[C@H](c1cccs1)C3. The average molecular weight is 466 g/mol. The van der Waals surface area contributed by atoms with E-state index in [2.05, 4.69) is 37.3 Å². The molecule has 2 aromatic rings. The van der Waals surface area contributed by atoms with Crippen molar-refractivity contribution in [2.45, 2.75) is 31.6 Å². The Kier molecular flexibility index (Phi) is 5.66. The van der Waals surface area contributed by atoms with Gasteiger partial charge in [-0.05, 0) is 67.5 Å². The van der Waals surface area contributed by atoms with Crippen molar-refractivity contribution < 1.29 is 9.59 Å². The molecule has 5 atom stereocenters. The first-order valence-corrected chi connectivity index (χ1v) is 13.2. The predicted octanol–water partition coefficient (Wildman–Crippen LogP) is 2.87. The average Bonchev–Trinajstić information content (AvgIpc) is 3.63. The molecule has 2 aliphatic carbocycles. The summed E-state index contributed by atoms with van der Waals surface area (Å²) in [7, 11) is 0. The van der Waals surface area contributed by atoms with Gasteiger partial charge in [0.2, 0.25) is 17.8 Å². The van der Waals surface area contributed by atoms with Crippen LogP contribution in [0.1, 0.15) is 36.5 Å². The number of thiophene rings is 1. The molecule has 6 rings (SSSR count). The van der Waals surface area contributed by atoms with E-state index in [-0.39, 0.29) is 23.7 Å². The number of anilines is 1. The zero-order chi connectivity index (χ0) is 22.4. The van der Waals surface area contributed by atoms with Crippen molar-refractivity contribution in [1.29, 1.82) is 0 Å². The van der Waals surface area contributed by atoms with E-state index in [1.54, 1.807) is 28.6 Å². The Bertz CT molecular complexity index is 991. The maximum Gasteiger partial charge on any atom is 0.233 e. The van der Waals surface area contributed by atoms with Gasteiger partial charge in [-0.1, -0.05) is 6.07 Å². The standard InChI is InChI=1S/C25H31N5O2S/c31-23-21-17-15-18(20-5-3-14-33-20)19(16-17)22(21)24(32)30(23)9-2-1-8-28-10-12-29(13-11-28)25-26-6-4-7-27-25/h3-7,14,17-19,21-22H,1-2,8-13,15-16H2/t17-,18-,19-,21-,22+/m1/s1. The zero-order valence-corrected chi connectivity index (χ0v) is 19.7. The van der Waals surface area contributed by atoms with E-state index in [9.17, 15) is 9.59 Å². The van der Waals surface area contributed by atoms with Crippen LogP contribution in [0.2, 0.25) is 0 Å². The normalized spacial score (nSPS) is 31.6. The molecule has 8 heteroatoms. The molecule has 33 heavy (non-hydrogen) atoms. The smallest absolute Gasteiger partial charge is 0.233 e. The first kappa shape index (κ1) is 21.2. The quantitative estimate of drug-likeness (QED) is 0.463. The first-order chi connectivity index (χ1) is 16.2. The van der Waals surface area contributed by atoms with Crippen LogP contribution < -0.4 is 4.90 Å². The third kappa shape index (κ3) is 3.77. The maximum absolute atomic E-state index is 13.2. The molecule has 0 N–H and O–H groups in total. The van der Waals surface area contributed by atoms with Gasteiger partial charge in [0.15, 0.2) is 0 Å². The summed E-state index contributed by atoms with van der Waals surface area (Å²) in [6, 6.07) is 6.15. The summed E-state index contributed by atoms with van der Waals surface area (Å²) >= 11 is 1.80. The number of nitrogens with zero attached hydrogens (tertiary/aromatic N) is 5.